The molecule has 2 aromatic heterocycles. The lowest BCUT2D eigenvalue weighted by atomic mass is 9.84. The molecular formula is C33H38Cl2N4O4. The first kappa shape index (κ1) is 31.0. The second-order valence-electron chi connectivity index (χ2n) is 11.6. The van der Waals surface area contributed by atoms with Gasteiger partial charge in [0.25, 0.3) is 5.91 Å². The van der Waals surface area contributed by atoms with Crippen LogP contribution in [-0.2, 0) is 18.3 Å². The average Bonchev–Trinajstić information content (AvgIpc) is 3.45. The Bertz CT molecular complexity index is 1680. The number of aromatic amines is 1. The van der Waals surface area contributed by atoms with Crippen molar-refractivity contribution in [2.75, 3.05) is 6.61 Å². The number of amides is 1. The monoisotopic (exact) mass is 624 g/mol. The number of nitrogens with one attached hydrogen (secondary N) is 2. The summed E-state index contributed by atoms with van der Waals surface area (Å²) in [7, 11) is 1.89. The van der Waals surface area contributed by atoms with Crippen LogP contribution in [0.5, 0.6) is 5.75 Å². The highest BCUT2D eigenvalue weighted by Gasteiger charge is 2.33. The number of aryl methyl sites for hydroxylation is 5. The maximum Gasteiger partial charge on any atom is 0.308 e. The van der Waals surface area contributed by atoms with E-state index in [1.54, 1.807) is 0 Å². The molecule has 2 atom stereocenters. The smallest absolute Gasteiger partial charge is 0.308 e. The van der Waals surface area contributed by atoms with Gasteiger partial charge in [-0.05, 0) is 88.3 Å². The summed E-state index contributed by atoms with van der Waals surface area (Å²) in [6.07, 6.45) is 4.14. The van der Waals surface area contributed by atoms with E-state index in [4.69, 9.17) is 27.9 Å². The predicted molar refractivity (Wildman–Crippen MR) is 171 cm³/mol. The standard InChI is InChI=1S/C33H38Cl2N4O4/c1-17-15-21(16-18(2)29(17)35)43-14-8-10-22-23-12-13-25(34)28(27-19(3)38-39(5)20(27)4)30(23)37-31(22)32(40)36-26-11-7-6-9-24(26)33(41)42/h12-13,15-16,24,26,37H,6-11,14H2,1-5H3,(H,36,40)(H,41,42)/t24-,26+/m1/s1. The van der Waals surface area contributed by atoms with Crippen LogP contribution >= 0.6 is 23.2 Å². The van der Waals surface area contributed by atoms with E-state index in [1.807, 2.05) is 63.7 Å². The molecule has 5 rings (SSSR count). The molecule has 43 heavy (non-hydrogen) atoms. The van der Waals surface area contributed by atoms with Gasteiger partial charge in [-0.25, -0.2) is 0 Å². The molecule has 1 aliphatic carbocycles. The molecule has 8 nitrogen and oxygen atoms in total. The normalized spacial score (nSPS) is 16.9. The van der Waals surface area contributed by atoms with Gasteiger partial charge in [0.15, 0.2) is 0 Å². The number of H-pyrrole nitrogens is 1. The number of nitrogens with zero attached hydrogens (tertiary/aromatic N) is 2. The lowest BCUT2D eigenvalue weighted by Crippen LogP contribution is -2.45. The van der Waals surface area contributed by atoms with Gasteiger partial charge in [-0.3, -0.25) is 14.3 Å². The van der Waals surface area contributed by atoms with Crippen LogP contribution in [0.4, 0.5) is 0 Å². The van der Waals surface area contributed by atoms with Crippen molar-refractivity contribution in [1.29, 1.82) is 0 Å². The van der Waals surface area contributed by atoms with E-state index in [0.29, 0.717) is 43.0 Å². The molecule has 1 amide bonds. The van der Waals surface area contributed by atoms with E-state index in [0.717, 1.165) is 73.7 Å². The third-order valence-electron chi connectivity index (χ3n) is 8.67. The first-order chi connectivity index (χ1) is 20.5. The number of ether oxygens (including phenoxy) is 1. The van der Waals surface area contributed by atoms with Gasteiger partial charge in [0.1, 0.15) is 11.4 Å². The Morgan fingerprint density at radius 2 is 1.79 bits per heavy atom. The average molecular weight is 626 g/mol. The zero-order valence-electron chi connectivity index (χ0n) is 25.2. The topological polar surface area (TPSA) is 109 Å². The van der Waals surface area contributed by atoms with Crippen molar-refractivity contribution in [2.45, 2.75) is 72.3 Å². The zero-order chi connectivity index (χ0) is 31.0. The fraction of sp³-hybridized carbons (Fsp3) is 0.424. The Morgan fingerprint density at radius 3 is 2.44 bits per heavy atom. The SMILES string of the molecule is Cc1cc(OCCCc2c(C(=O)N[C@H]3CCCC[C@H]3C(=O)O)[nH]c3c(-c4c(C)nn(C)c4C)c(Cl)ccc23)cc(C)c1Cl. The number of aliphatic carboxylic acids is 1. The lowest BCUT2D eigenvalue weighted by Gasteiger charge is -2.29. The van der Waals surface area contributed by atoms with Crippen LogP contribution in [0.15, 0.2) is 24.3 Å². The molecule has 1 aliphatic rings. The molecule has 0 spiro atoms. The van der Waals surface area contributed by atoms with E-state index >= 15 is 0 Å². The van der Waals surface area contributed by atoms with Crippen molar-refractivity contribution >= 4 is 46.0 Å². The summed E-state index contributed by atoms with van der Waals surface area (Å²) in [6, 6.07) is 7.23. The minimum Gasteiger partial charge on any atom is -0.494 e. The summed E-state index contributed by atoms with van der Waals surface area (Å²) in [4.78, 5) is 29.2. The molecule has 0 radical (unpaired) electrons. The lowest BCUT2D eigenvalue weighted by molar-refractivity contribution is -0.143. The highest BCUT2D eigenvalue weighted by Crippen LogP contribution is 2.40. The highest BCUT2D eigenvalue weighted by atomic mass is 35.5. The molecule has 10 heteroatoms. The van der Waals surface area contributed by atoms with Gasteiger partial charge in [-0.1, -0.05) is 42.1 Å². The van der Waals surface area contributed by atoms with Gasteiger partial charge in [0.05, 0.1) is 28.8 Å². The first-order valence-electron chi connectivity index (χ1n) is 14.7. The van der Waals surface area contributed by atoms with Crippen LogP contribution in [0.3, 0.4) is 0 Å². The molecule has 228 valence electrons. The molecule has 0 aliphatic heterocycles. The van der Waals surface area contributed by atoms with Crippen LogP contribution < -0.4 is 10.1 Å². The van der Waals surface area contributed by atoms with Gasteiger partial charge < -0.3 is 20.1 Å². The summed E-state index contributed by atoms with van der Waals surface area (Å²) in [5.41, 5.74) is 7.47. The quantitative estimate of drug-likeness (QED) is 0.167. The first-order valence-corrected chi connectivity index (χ1v) is 15.5. The van der Waals surface area contributed by atoms with E-state index in [9.17, 15) is 14.7 Å². The number of carboxylic acids is 1. The molecule has 1 saturated carbocycles. The summed E-state index contributed by atoms with van der Waals surface area (Å²) in [5, 5.41) is 19.6. The number of carbonyl (C=O) groups excluding carboxylic acids is 1. The van der Waals surface area contributed by atoms with E-state index in [2.05, 4.69) is 15.4 Å². The fourth-order valence-corrected chi connectivity index (χ4v) is 6.76. The summed E-state index contributed by atoms with van der Waals surface area (Å²) >= 11 is 13.1. The number of aromatic nitrogens is 3. The second-order valence-corrected chi connectivity index (χ2v) is 12.4. The Hall–Kier alpha value is -3.49. The zero-order valence-corrected chi connectivity index (χ0v) is 26.7. The van der Waals surface area contributed by atoms with Crippen LogP contribution in [0, 0.1) is 33.6 Å². The number of rotatable bonds is 9. The summed E-state index contributed by atoms with van der Waals surface area (Å²) in [6.45, 7) is 8.29. The Kier molecular flexibility index (Phi) is 9.09. The molecule has 3 N–H and O–H groups in total. The summed E-state index contributed by atoms with van der Waals surface area (Å²) in [5.74, 6) is -1.03. The molecule has 4 aromatic rings. The molecule has 1 fully saturated rings. The Balaban J connectivity index is 1.51. The molecule has 0 unspecified atom stereocenters. The van der Waals surface area contributed by atoms with Crippen molar-refractivity contribution in [1.82, 2.24) is 20.1 Å². The molecule has 0 bridgehead atoms. The minimum absolute atomic E-state index is 0.309. The number of hydrogen-bond donors (Lipinski definition) is 3. The fourth-order valence-electron chi connectivity index (χ4n) is 6.40. The second kappa shape index (κ2) is 12.6. The Morgan fingerprint density at radius 1 is 1.09 bits per heavy atom. The number of hydrogen-bond acceptors (Lipinski definition) is 4. The maximum absolute atomic E-state index is 13.9. The molecule has 2 heterocycles. The van der Waals surface area contributed by atoms with E-state index < -0.39 is 17.9 Å². The van der Waals surface area contributed by atoms with Gasteiger partial charge in [-0.15, -0.1) is 0 Å². The van der Waals surface area contributed by atoms with Crippen LogP contribution in [0.25, 0.3) is 22.0 Å². The Labute approximate surface area is 261 Å². The van der Waals surface area contributed by atoms with Crippen LogP contribution in [0.2, 0.25) is 10.0 Å². The number of halogens is 2. The van der Waals surface area contributed by atoms with Crippen molar-refractivity contribution in [3.63, 3.8) is 0 Å². The van der Waals surface area contributed by atoms with E-state index in [-0.39, 0.29) is 5.91 Å². The highest BCUT2D eigenvalue weighted by molar-refractivity contribution is 6.35. The maximum atomic E-state index is 13.9. The third kappa shape index (κ3) is 6.13. The van der Waals surface area contributed by atoms with Gasteiger partial charge in [-0.2, -0.15) is 5.10 Å². The molecule has 0 saturated heterocycles. The number of fused-ring (bicyclic) bond motifs is 1. The van der Waals surface area contributed by atoms with Gasteiger partial charge in [0.2, 0.25) is 0 Å². The van der Waals surface area contributed by atoms with Crippen LogP contribution in [0.1, 0.15) is 70.7 Å². The largest absolute Gasteiger partial charge is 0.494 e. The molecular weight excluding hydrogens is 587 g/mol. The number of carbonyl (C=O) groups is 2. The third-order valence-corrected chi connectivity index (χ3v) is 9.58. The van der Waals surface area contributed by atoms with Crippen LogP contribution in [-0.4, -0.2) is 44.4 Å². The van der Waals surface area contributed by atoms with E-state index in [1.165, 1.54) is 0 Å². The van der Waals surface area contributed by atoms with Crippen molar-refractivity contribution < 1.29 is 19.4 Å². The number of benzene rings is 2. The summed E-state index contributed by atoms with van der Waals surface area (Å²) < 4.78 is 7.90. The van der Waals surface area contributed by atoms with Crippen molar-refractivity contribution in [3.05, 3.63) is 68.1 Å². The molecule has 2 aromatic carbocycles. The predicted octanol–water partition coefficient (Wildman–Crippen LogP) is 7.49. The number of carboxylic acid groups (broad SMARTS) is 1. The van der Waals surface area contributed by atoms with Gasteiger partial charge in [0, 0.05) is 40.3 Å². The van der Waals surface area contributed by atoms with Crippen molar-refractivity contribution in [3.8, 4) is 16.9 Å². The minimum atomic E-state index is -0.872. The van der Waals surface area contributed by atoms with Gasteiger partial charge >= 0.3 is 5.97 Å². The van der Waals surface area contributed by atoms with Crippen molar-refractivity contribution in [2.24, 2.45) is 13.0 Å².